The van der Waals surface area contributed by atoms with Gasteiger partial charge in [0.05, 0.1) is 12.6 Å². The number of amides is 6. The van der Waals surface area contributed by atoms with E-state index >= 15 is 0 Å². The van der Waals surface area contributed by atoms with Crippen LogP contribution >= 0.6 is 11.3 Å². The van der Waals surface area contributed by atoms with Gasteiger partial charge in [0.15, 0.2) is 0 Å². The van der Waals surface area contributed by atoms with Gasteiger partial charge in [0.25, 0.3) is 5.91 Å². The van der Waals surface area contributed by atoms with Gasteiger partial charge in [-0.1, -0.05) is 69.9 Å². The third-order valence-electron chi connectivity index (χ3n) is 9.32. The number of hydrogen-bond acceptors (Lipinski definition) is 8. The molecule has 2 aliphatic rings. The zero-order valence-electron chi connectivity index (χ0n) is 29.7. The average molecular weight is 710 g/mol. The number of carbonyl (C=O) groups is 6. The predicted octanol–water partition coefficient (Wildman–Crippen LogP) is 2.58. The summed E-state index contributed by atoms with van der Waals surface area (Å²) in [5, 5.41) is 13.2. The van der Waals surface area contributed by atoms with Crippen molar-refractivity contribution in [3.8, 4) is 0 Å². The van der Waals surface area contributed by atoms with Crippen LogP contribution < -0.4 is 21.3 Å². The number of carbonyl (C=O) groups excluding carboxylic acids is 6. The molecule has 1 aromatic heterocycles. The van der Waals surface area contributed by atoms with E-state index in [1.54, 1.807) is 33.2 Å². The van der Waals surface area contributed by atoms with Gasteiger partial charge in [0, 0.05) is 31.4 Å². The molecule has 0 spiro atoms. The topological polar surface area (TPSA) is 170 Å². The summed E-state index contributed by atoms with van der Waals surface area (Å²) in [5.41, 5.74) is 1.03. The number of aromatic nitrogens is 1. The second kappa shape index (κ2) is 18.1. The summed E-state index contributed by atoms with van der Waals surface area (Å²) < 4.78 is 0. The maximum absolute atomic E-state index is 13.9. The van der Waals surface area contributed by atoms with Crippen molar-refractivity contribution < 1.29 is 28.8 Å². The smallest absolute Gasteiger partial charge is 0.271 e. The van der Waals surface area contributed by atoms with E-state index in [9.17, 15) is 28.8 Å². The summed E-state index contributed by atoms with van der Waals surface area (Å²) in [6.45, 7) is 6.66. The summed E-state index contributed by atoms with van der Waals surface area (Å²) >= 11 is 1.21. The largest absolute Gasteiger partial charge is 0.345 e. The molecule has 1 aliphatic carbocycles. The summed E-state index contributed by atoms with van der Waals surface area (Å²) in [6, 6.07) is 6.08. The quantitative estimate of drug-likeness (QED) is 0.354. The second-order valence-corrected chi connectivity index (χ2v) is 14.6. The Morgan fingerprint density at radius 3 is 2.22 bits per heavy atom. The van der Waals surface area contributed by atoms with Gasteiger partial charge in [-0.2, -0.15) is 0 Å². The van der Waals surface area contributed by atoms with E-state index in [0.717, 1.165) is 44.1 Å². The van der Waals surface area contributed by atoms with Gasteiger partial charge >= 0.3 is 0 Å². The normalized spacial score (nSPS) is 24.4. The fourth-order valence-corrected chi connectivity index (χ4v) is 7.14. The van der Waals surface area contributed by atoms with Crippen molar-refractivity contribution >= 4 is 46.8 Å². The average Bonchev–Trinajstić information content (AvgIpc) is 3.43. The third-order valence-corrected chi connectivity index (χ3v) is 10.3. The van der Waals surface area contributed by atoms with Crippen LogP contribution in [0.25, 0.3) is 0 Å². The number of likely N-dealkylation sites (N-methyl/N-ethyl adjacent to an activating group) is 1. The Balaban J connectivity index is 1.66. The number of nitrogens with zero attached hydrogens (tertiary/aromatic N) is 3. The van der Waals surface area contributed by atoms with Crippen molar-refractivity contribution in [2.45, 2.75) is 96.8 Å². The van der Waals surface area contributed by atoms with E-state index in [1.807, 2.05) is 30.3 Å². The van der Waals surface area contributed by atoms with Crippen LogP contribution in [0.3, 0.4) is 0 Å². The fraction of sp³-hybridized carbons (Fsp3) is 0.583. The van der Waals surface area contributed by atoms with Gasteiger partial charge in [0.1, 0.15) is 28.8 Å². The monoisotopic (exact) mass is 709 g/mol. The minimum absolute atomic E-state index is 0.0848. The first-order valence-corrected chi connectivity index (χ1v) is 18.5. The van der Waals surface area contributed by atoms with Crippen LogP contribution in [0, 0.1) is 11.8 Å². The van der Waals surface area contributed by atoms with Crippen molar-refractivity contribution in [2.75, 3.05) is 26.7 Å². The molecule has 1 aliphatic heterocycles. The molecule has 272 valence electrons. The number of rotatable bonds is 4. The predicted molar refractivity (Wildman–Crippen MR) is 190 cm³/mol. The second-order valence-electron chi connectivity index (χ2n) is 13.7. The first kappa shape index (κ1) is 38.5. The van der Waals surface area contributed by atoms with Gasteiger partial charge in [-0.25, -0.2) is 4.98 Å². The molecule has 2 heterocycles. The minimum Gasteiger partial charge on any atom is -0.345 e. The lowest BCUT2D eigenvalue weighted by Crippen LogP contribution is -2.57. The van der Waals surface area contributed by atoms with Crippen LogP contribution in [0.2, 0.25) is 0 Å². The lowest BCUT2D eigenvalue weighted by atomic mass is 9.98. The van der Waals surface area contributed by atoms with Crippen molar-refractivity contribution in [1.29, 1.82) is 0 Å². The van der Waals surface area contributed by atoms with Crippen molar-refractivity contribution in [3.63, 3.8) is 0 Å². The Hall–Kier alpha value is -4.33. The highest BCUT2D eigenvalue weighted by Crippen LogP contribution is 2.26. The Morgan fingerprint density at radius 2 is 1.56 bits per heavy atom. The molecule has 2 aromatic rings. The highest BCUT2D eigenvalue weighted by atomic mass is 32.1. The number of benzene rings is 1. The van der Waals surface area contributed by atoms with Crippen LogP contribution in [0.15, 0.2) is 35.7 Å². The number of nitrogens with one attached hydrogen (secondary N) is 4. The molecule has 13 nitrogen and oxygen atoms in total. The van der Waals surface area contributed by atoms with Crippen LogP contribution in [0.5, 0.6) is 0 Å². The van der Waals surface area contributed by atoms with E-state index in [4.69, 9.17) is 0 Å². The molecule has 1 aromatic carbocycles. The van der Waals surface area contributed by atoms with Crippen molar-refractivity contribution in [1.82, 2.24) is 36.1 Å². The summed E-state index contributed by atoms with van der Waals surface area (Å²) in [7, 11) is 1.59. The zero-order chi connectivity index (χ0) is 36.4. The fourth-order valence-electron chi connectivity index (χ4n) is 6.29. The molecule has 1 fully saturated rings. The van der Waals surface area contributed by atoms with E-state index in [1.165, 1.54) is 28.1 Å². The Labute approximate surface area is 298 Å². The molecule has 0 saturated heterocycles. The van der Waals surface area contributed by atoms with Gasteiger partial charge in [-0.15, -0.1) is 11.3 Å². The van der Waals surface area contributed by atoms with Crippen LogP contribution in [-0.4, -0.2) is 95.0 Å². The van der Waals surface area contributed by atoms with Crippen molar-refractivity contribution in [2.24, 2.45) is 11.8 Å². The van der Waals surface area contributed by atoms with E-state index in [-0.39, 0.29) is 54.9 Å². The SMILES string of the molecule is CC(C)[C@@H]1NC(=O)[C@H](C)NC(=O)c2csc(n2)[C@H](Cc2ccccc2)NC(=O)CN(C(=O)C2CCCCCC2)CCN(C)C(=O)[C@@H](C)NC1=O. The van der Waals surface area contributed by atoms with Gasteiger partial charge < -0.3 is 31.1 Å². The van der Waals surface area contributed by atoms with E-state index in [2.05, 4.69) is 26.3 Å². The van der Waals surface area contributed by atoms with Crippen LogP contribution in [-0.2, 0) is 30.4 Å². The first-order chi connectivity index (χ1) is 23.8. The highest BCUT2D eigenvalue weighted by molar-refractivity contribution is 7.09. The maximum atomic E-state index is 13.9. The van der Waals surface area contributed by atoms with E-state index in [0.29, 0.717) is 11.4 Å². The molecule has 0 radical (unpaired) electrons. The van der Waals surface area contributed by atoms with Crippen LogP contribution in [0.4, 0.5) is 0 Å². The van der Waals surface area contributed by atoms with Crippen molar-refractivity contribution in [3.05, 3.63) is 52.0 Å². The molecule has 6 amide bonds. The highest BCUT2D eigenvalue weighted by Gasteiger charge is 2.32. The first-order valence-electron chi connectivity index (χ1n) is 17.6. The van der Waals surface area contributed by atoms with Gasteiger partial charge in [0.2, 0.25) is 29.5 Å². The maximum Gasteiger partial charge on any atom is 0.271 e. The Bertz CT molecular complexity index is 1510. The molecule has 0 unspecified atom stereocenters. The lowest BCUT2D eigenvalue weighted by molar-refractivity contribution is -0.141. The number of fused-ring (bicyclic) bond motifs is 2. The molecular formula is C36H51N7O6S. The molecular weight excluding hydrogens is 659 g/mol. The zero-order valence-corrected chi connectivity index (χ0v) is 30.5. The molecule has 50 heavy (non-hydrogen) atoms. The molecule has 4 atom stereocenters. The van der Waals surface area contributed by atoms with Gasteiger partial charge in [-0.3, -0.25) is 28.8 Å². The molecule has 1 saturated carbocycles. The number of thiazole rings is 1. The molecule has 4 rings (SSSR count). The van der Waals surface area contributed by atoms with Crippen LogP contribution in [0.1, 0.15) is 93.3 Å². The summed E-state index contributed by atoms with van der Waals surface area (Å²) in [5.74, 6) is -3.10. The molecule has 2 bridgehead atoms. The summed E-state index contributed by atoms with van der Waals surface area (Å²) in [6.07, 6.45) is 5.93. The van der Waals surface area contributed by atoms with Gasteiger partial charge in [-0.05, 0) is 44.6 Å². The molecule has 14 heteroatoms. The third kappa shape index (κ3) is 10.6. The molecule has 4 N–H and O–H groups in total. The Kier molecular flexibility index (Phi) is 13.9. The van der Waals surface area contributed by atoms with E-state index < -0.39 is 41.9 Å². The Morgan fingerprint density at radius 1 is 0.880 bits per heavy atom. The standard InChI is InChI=1S/C36H51N7O6S/c1-22(2)30-33(47)38-24(4)35(48)42(5)17-18-43(36(49)26-15-11-6-7-12-16-26)20-29(44)39-27(19-25-13-9-8-10-14-25)34-40-28(21-50-34)32(46)37-23(3)31(45)41-30/h8-10,13-14,21-24,26-27,30H,6-7,11-12,15-20H2,1-5H3,(H,37,46)(H,38,47)(H,39,44)(H,41,45)/t23-,24+,27-,30-/m0/s1. The number of hydrogen-bond donors (Lipinski definition) is 4. The summed E-state index contributed by atoms with van der Waals surface area (Å²) in [4.78, 5) is 88.2. The lowest BCUT2D eigenvalue weighted by Gasteiger charge is -2.30. The minimum atomic E-state index is -1.00.